The second-order valence-corrected chi connectivity index (χ2v) is 24.7. The first kappa shape index (κ1) is 72.5. The van der Waals surface area contributed by atoms with Gasteiger partial charge in [0.1, 0.15) is 54.4 Å². The van der Waals surface area contributed by atoms with Crippen LogP contribution in [0.1, 0.15) is 124 Å². The fourth-order valence-corrected chi connectivity index (χ4v) is 10.1. The van der Waals surface area contributed by atoms with Gasteiger partial charge in [-0.2, -0.15) is 0 Å². The fourth-order valence-electron chi connectivity index (χ4n) is 10.1. The van der Waals surface area contributed by atoms with Gasteiger partial charge in [0.05, 0.1) is 31.6 Å². The van der Waals surface area contributed by atoms with Crippen LogP contribution in [0.3, 0.4) is 0 Å². The molecule has 5 rings (SSSR count). The fraction of sp³-hybridized carbons (Fsp3) is 0.548. The van der Waals surface area contributed by atoms with Crippen LogP contribution >= 0.6 is 0 Å². The molecule has 10 amide bonds. The van der Waals surface area contributed by atoms with Crippen molar-refractivity contribution in [1.29, 1.82) is 0 Å². The lowest BCUT2D eigenvalue weighted by molar-refractivity contribution is -0.136. The molecule has 91 heavy (non-hydrogen) atoms. The minimum absolute atomic E-state index is 0.0219. The Morgan fingerprint density at radius 1 is 0.396 bits per heavy atom. The predicted molar refractivity (Wildman–Crippen MR) is 335 cm³/mol. The predicted octanol–water partition coefficient (Wildman–Crippen LogP) is 0.261. The van der Waals surface area contributed by atoms with Crippen molar-refractivity contribution in [3.05, 3.63) is 90.7 Å². The summed E-state index contributed by atoms with van der Waals surface area (Å²) < 4.78 is 0. The largest absolute Gasteiger partial charge is 0.394 e. The van der Waals surface area contributed by atoms with E-state index in [1.165, 1.54) is 58.3 Å². The highest BCUT2D eigenvalue weighted by Crippen LogP contribution is 2.21. The third-order valence-corrected chi connectivity index (χ3v) is 14.8. The molecule has 0 aliphatic rings. The van der Waals surface area contributed by atoms with Crippen LogP contribution in [0, 0.1) is 23.7 Å². The first-order chi connectivity index (χ1) is 43.1. The summed E-state index contributed by atoms with van der Waals surface area (Å²) in [4.78, 5) is 177. The highest BCUT2D eigenvalue weighted by Gasteiger charge is 2.37. The van der Waals surface area contributed by atoms with E-state index in [2.05, 4.69) is 88.1 Å². The molecule has 10 atom stereocenters. The Kier molecular flexibility index (Phi) is 28.0. The number of imidazole rings is 3. The van der Waals surface area contributed by atoms with Gasteiger partial charge in [0.15, 0.2) is 5.78 Å². The first-order valence-corrected chi connectivity index (χ1v) is 30.7. The lowest BCUT2D eigenvalue weighted by Crippen LogP contribution is -2.61. The Morgan fingerprint density at radius 3 is 1.03 bits per heavy atom. The molecule has 29 nitrogen and oxygen atoms in total. The lowest BCUT2D eigenvalue weighted by Gasteiger charge is -2.29. The number of Topliss-reactive ketones (excluding diaryl/α,β-unsaturated/α-hetero) is 1. The third kappa shape index (κ3) is 23.6. The molecule has 4 aromatic heterocycles. The summed E-state index contributed by atoms with van der Waals surface area (Å²) in [5, 5.41) is 38.1. The van der Waals surface area contributed by atoms with Gasteiger partial charge < -0.3 is 78.2 Å². The minimum Gasteiger partial charge on any atom is -0.394 e. The monoisotopic (exact) mass is 1270 g/mol. The number of hydrogen-bond donors (Lipinski definition) is 15. The zero-order chi connectivity index (χ0) is 67.1. The van der Waals surface area contributed by atoms with E-state index in [1.54, 1.807) is 26.1 Å². The van der Waals surface area contributed by atoms with Gasteiger partial charge in [0.2, 0.25) is 59.1 Å². The number of carbonyl (C=O) groups excluding carboxylic acids is 11. The normalized spacial score (nSPS) is 14.8. The minimum atomic E-state index is -1.59. The molecule has 15 N–H and O–H groups in total. The van der Waals surface area contributed by atoms with E-state index in [-0.39, 0.29) is 80.8 Å². The maximum Gasteiger partial charge on any atom is 0.245 e. The Labute approximate surface area is 528 Å². The summed E-state index contributed by atoms with van der Waals surface area (Å²) in [7, 11) is 0. The molecule has 1 aromatic carbocycles. The molecule has 29 heteroatoms. The number of rotatable bonds is 37. The van der Waals surface area contributed by atoms with Gasteiger partial charge in [-0.25, -0.2) is 15.0 Å². The van der Waals surface area contributed by atoms with Crippen molar-refractivity contribution in [2.24, 2.45) is 23.7 Å². The maximum absolute atomic E-state index is 15.0. The van der Waals surface area contributed by atoms with E-state index in [4.69, 9.17) is 0 Å². The smallest absolute Gasteiger partial charge is 0.245 e. The summed E-state index contributed by atoms with van der Waals surface area (Å²) >= 11 is 0. The zero-order valence-corrected chi connectivity index (χ0v) is 53.6. The van der Waals surface area contributed by atoms with E-state index in [9.17, 15) is 53.1 Å². The highest BCUT2D eigenvalue weighted by atomic mass is 16.3. The molecule has 0 saturated heterocycles. The van der Waals surface area contributed by atoms with Crippen LogP contribution in [0.4, 0.5) is 0 Å². The van der Waals surface area contributed by atoms with E-state index in [0.29, 0.717) is 22.6 Å². The van der Waals surface area contributed by atoms with E-state index in [0.717, 1.165) is 10.9 Å². The van der Waals surface area contributed by atoms with E-state index in [1.807, 2.05) is 59.7 Å². The number of aromatic amines is 4. The van der Waals surface area contributed by atoms with E-state index >= 15 is 4.79 Å². The SMILES string of the molecule is CC(=O)N[C@@H](Cc1cnc[nH]1)C(=O)N[C@@H](CO)C(=O)N[C@@H](CC(C)C)C(=O)N[C@@H](Cc1c[nH]c2ccccc12)C(=O)N[C@@H](Cc1cnc[nH]1)C(=O)N[C@@H](CC(C)C)C(=O)N[C@@H](CC(C)C)C(=O)N[C@@H](CC(C)C)C(=O)N[C@@H](Cc1cnc[nH]1)C(=O)N[C@@H](C)C(C)=O. The third-order valence-electron chi connectivity index (χ3n) is 14.8. The number of hydrogen-bond acceptors (Lipinski definition) is 15. The number of ketones is 1. The average molecular weight is 1270 g/mol. The van der Waals surface area contributed by atoms with Crippen LogP contribution in [0.25, 0.3) is 10.9 Å². The zero-order valence-electron chi connectivity index (χ0n) is 53.6. The summed E-state index contributed by atoms with van der Waals surface area (Å²) in [5.74, 6) is -8.65. The number of amides is 10. The number of nitrogens with one attached hydrogen (secondary N) is 14. The highest BCUT2D eigenvalue weighted by molar-refractivity contribution is 5.99. The summed E-state index contributed by atoms with van der Waals surface area (Å²) in [5.41, 5.74) is 2.75. The molecule has 0 bridgehead atoms. The number of benzene rings is 1. The Morgan fingerprint density at radius 2 is 0.703 bits per heavy atom. The van der Waals surface area contributed by atoms with E-state index < -0.39 is 126 Å². The standard InChI is InChI=1S/C62H91N17O12/c1-32(2)16-45(55(84)73-47(18-34(5)6)58(87)77-51(22-41-26-64-30-68-41)54(83)70-36(9)37(10)81)72-56(85)46(17-33(3)4)74-61(90)52(23-42-27-65-31-69-42)78-59(88)49(20-39-24-66-44-15-13-12-14-43(39)44)76-57(86)48(19-35(7)8)75-62(91)53(28-80)79-60(89)50(71-38(11)82)21-40-25-63-29-67-40/h12-15,24-27,29-36,45-53,66,80H,16-23,28H2,1-11H3,(H,63,67)(H,64,68)(H,65,69)(H,70,83)(H,71,82)(H,72,85)(H,73,84)(H,74,90)(H,75,91)(H,76,86)(H,77,87)(H,78,88)(H,79,89)/t36-,45-,46-,47-,48-,49-,50-,51-,52-,53-/m0/s1. The van der Waals surface area contributed by atoms with Crippen LogP contribution in [0.5, 0.6) is 0 Å². The quantitative estimate of drug-likeness (QED) is 0.0254. The summed E-state index contributed by atoms with van der Waals surface area (Å²) in [6.07, 6.45) is 10.2. The summed E-state index contributed by atoms with van der Waals surface area (Å²) in [6.45, 7) is 17.8. The molecule has 0 fully saturated rings. The van der Waals surface area contributed by atoms with Crippen molar-refractivity contribution in [3.63, 3.8) is 0 Å². The molecule has 5 aromatic rings. The number of nitrogens with zero attached hydrogens (tertiary/aromatic N) is 3. The molecule has 0 saturated carbocycles. The number of fused-ring (bicyclic) bond motifs is 1. The van der Waals surface area contributed by atoms with Crippen molar-refractivity contribution >= 4 is 75.8 Å². The molecule has 0 aliphatic heterocycles. The lowest BCUT2D eigenvalue weighted by atomic mass is 9.98. The van der Waals surface area contributed by atoms with Gasteiger partial charge in [-0.3, -0.25) is 52.7 Å². The van der Waals surface area contributed by atoms with Crippen LogP contribution in [-0.2, 0) is 78.4 Å². The van der Waals surface area contributed by atoms with Crippen molar-refractivity contribution in [2.45, 2.75) is 188 Å². The van der Waals surface area contributed by atoms with Crippen molar-refractivity contribution in [1.82, 2.24) is 88.1 Å². The van der Waals surface area contributed by atoms with Gasteiger partial charge >= 0.3 is 0 Å². The van der Waals surface area contributed by atoms with Crippen LogP contribution < -0.4 is 53.2 Å². The van der Waals surface area contributed by atoms with Gasteiger partial charge in [0, 0.05) is 85.4 Å². The number of para-hydroxylation sites is 1. The second kappa shape index (κ2) is 35.2. The van der Waals surface area contributed by atoms with Crippen molar-refractivity contribution in [3.8, 4) is 0 Å². The topological polar surface area (TPSA) is 430 Å². The molecule has 496 valence electrons. The molecule has 0 aliphatic carbocycles. The number of H-pyrrole nitrogens is 4. The van der Waals surface area contributed by atoms with Crippen LogP contribution in [0.15, 0.2) is 68.0 Å². The Bertz CT molecular complexity index is 3220. The number of aliphatic hydroxyl groups is 1. The van der Waals surface area contributed by atoms with Crippen LogP contribution in [0.2, 0.25) is 0 Å². The van der Waals surface area contributed by atoms with Crippen molar-refractivity contribution in [2.75, 3.05) is 6.61 Å². The molecule has 0 radical (unpaired) electrons. The van der Waals surface area contributed by atoms with Gasteiger partial charge in [0.25, 0.3) is 0 Å². The number of aliphatic hydroxyl groups excluding tert-OH is 1. The number of carbonyl (C=O) groups is 11. The second-order valence-electron chi connectivity index (χ2n) is 24.7. The molecular weight excluding hydrogens is 1170 g/mol. The Hall–Kier alpha value is -9.28. The molecular formula is C62H91N17O12. The van der Waals surface area contributed by atoms with Gasteiger partial charge in [-0.15, -0.1) is 0 Å². The Balaban J connectivity index is 1.40. The molecule has 0 unspecified atom stereocenters. The first-order valence-electron chi connectivity index (χ1n) is 30.7. The maximum atomic E-state index is 15.0. The van der Waals surface area contributed by atoms with Crippen molar-refractivity contribution < 1.29 is 57.8 Å². The number of aromatic nitrogens is 7. The van der Waals surface area contributed by atoms with Crippen LogP contribution in [-0.4, -0.2) is 172 Å². The summed E-state index contributed by atoms with van der Waals surface area (Å²) in [6, 6.07) is -5.52. The van der Waals surface area contributed by atoms with Gasteiger partial charge in [-0.05, 0) is 74.8 Å². The average Bonchev–Trinajstić information content (AvgIpc) is 2.02. The molecule has 4 heterocycles. The van der Waals surface area contributed by atoms with Gasteiger partial charge in [-0.1, -0.05) is 73.6 Å². The molecule has 0 spiro atoms.